The highest BCUT2D eigenvalue weighted by Gasteiger charge is 2.11. The van der Waals surface area contributed by atoms with Crippen LogP contribution in [0.1, 0.15) is 6.42 Å². The Kier molecular flexibility index (Phi) is 3.23. The molecule has 0 bridgehead atoms. The number of benzene rings is 1. The molecule has 4 heteroatoms. The molecule has 4 nitrogen and oxygen atoms in total. The van der Waals surface area contributed by atoms with Crippen LogP contribution in [-0.4, -0.2) is 25.2 Å². The zero-order chi connectivity index (χ0) is 13.1. The normalized spacial score (nSPS) is 13.7. The molecule has 0 spiro atoms. The van der Waals surface area contributed by atoms with Gasteiger partial charge in [0, 0.05) is 30.9 Å². The second-order valence-electron chi connectivity index (χ2n) is 4.39. The molecule has 0 radical (unpaired) electrons. The molecule has 0 saturated carbocycles. The number of pyridine rings is 1. The summed E-state index contributed by atoms with van der Waals surface area (Å²) < 4.78 is 11.3. The highest BCUT2D eigenvalue weighted by Crippen LogP contribution is 2.34. The molecule has 0 fully saturated rings. The van der Waals surface area contributed by atoms with Gasteiger partial charge in [0.1, 0.15) is 0 Å². The molecule has 1 aromatic carbocycles. The van der Waals surface area contributed by atoms with E-state index in [1.54, 1.807) is 6.20 Å². The number of hydrogen-bond donors (Lipinski definition) is 1. The van der Waals surface area contributed by atoms with E-state index in [0.717, 1.165) is 34.9 Å². The number of rotatable bonds is 2. The van der Waals surface area contributed by atoms with Crippen molar-refractivity contribution in [1.82, 2.24) is 4.98 Å². The molecule has 1 N–H and O–H groups in total. The molecular formula is C15H16N2O2. The van der Waals surface area contributed by atoms with Crippen molar-refractivity contribution in [1.29, 1.82) is 0 Å². The quantitative estimate of drug-likeness (QED) is 0.897. The fourth-order valence-corrected chi connectivity index (χ4v) is 2.07. The summed E-state index contributed by atoms with van der Waals surface area (Å²) in [6.07, 6.45) is 2.71. The van der Waals surface area contributed by atoms with Gasteiger partial charge in [0.05, 0.1) is 18.9 Å². The first-order valence-electron chi connectivity index (χ1n) is 6.40. The van der Waals surface area contributed by atoms with Crippen LogP contribution in [0.4, 0.5) is 5.69 Å². The van der Waals surface area contributed by atoms with E-state index < -0.39 is 0 Å². The molecule has 0 amide bonds. The van der Waals surface area contributed by atoms with Crippen molar-refractivity contribution in [2.24, 2.45) is 0 Å². The first-order valence-corrected chi connectivity index (χ1v) is 6.40. The van der Waals surface area contributed by atoms with Gasteiger partial charge in [-0.05, 0) is 30.3 Å². The van der Waals surface area contributed by atoms with Gasteiger partial charge in [-0.3, -0.25) is 4.98 Å². The molecule has 2 aromatic rings. The van der Waals surface area contributed by atoms with Gasteiger partial charge in [0.2, 0.25) is 0 Å². The SMILES string of the molecule is CNc1ccnc(-c2ccc3c(c2)OCCCO3)c1. The van der Waals surface area contributed by atoms with Crippen LogP contribution >= 0.6 is 0 Å². The van der Waals surface area contributed by atoms with E-state index in [2.05, 4.69) is 10.3 Å². The monoisotopic (exact) mass is 256 g/mol. The summed E-state index contributed by atoms with van der Waals surface area (Å²) in [6.45, 7) is 1.40. The number of hydrogen-bond acceptors (Lipinski definition) is 4. The summed E-state index contributed by atoms with van der Waals surface area (Å²) in [4.78, 5) is 4.39. The van der Waals surface area contributed by atoms with Crippen molar-refractivity contribution < 1.29 is 9.47 Å². The third-order valence-corrected chi connectivity index (χ3v) is 3.09. The van der Waals surface area contributed by atoms with Crippen molar-refractivity contribution in [3.05, 3.63) is 36.5 Å². The van der Waals surface area contributed by atoms with Crippen molar-refractivity contribution in [3.63, 3.8) is 0 Å². The topological polar surface area (TPSA) is 43.4 Å². The molecule has 0 atom stereocenters. The van der Waals surface area contributed by atoms with Gasteiger partial charge in [0.15, 0.2) is 11.5 Å². The van der Waals surface area contributed by atoms with Gasteiger partial charge in [-0.2, -0.15) is 0 Å². The molecule has 1 aliphatic rings. The molecule has 3 rings (SSSR count). The lowest BCUT2D eigenvalue weighted by Crippen LogP contribution is -1.97. The van der Waals surface area contributed by atoms with E-state index in [1.165, 1.54) is 0 Å². The number of ether oxygens (including phenoxy) is 2. The van der Waals surface area contributed by atoms with E-state index in [1.807, 2.05) is 37.4 Å². The summed E-state index contributed by atoms with van der Waals surface area (Å²) in [5.74, 6) is 1.61. The first-order chi connectivity index (χ1) is 9.36. The fourth-order valence-electron chi connectivity index (χ4n) is 2.07. The van der Waals surface area contributed by atoms with Crippen LogP contribution in [0, 0.1) is 0 Å². The lowest BCUT2D eigenvalue weighted by molar-refractivity contribution is 0.297. The lowest BCUT2D eigenvalue weighted by Gasteiger charge is -2.09. The van der Waals surface area contributed by atoms with Crippen LogP contribution in [0.25, 0.3) is 11.3 Å². The molecule has 1 aliphatic heterocycles. The molecule has 0 unspecified atom stereocenters. The molecular weight excluding hydrogens is 240 g/mol. The van der Waals surface area contributed by atoms with Crippen LogP contribution in [0.3, 0.4) is 0 Å². The van der Waals surface area contributed by atoms with Crippen LogP contribution in [0.15, 0.2) is 36.5 Å². The van der Waals surface area contributed by atoms with Gasteiger partial charge in [0.25, 0.3) is 0 Å². The number of nitrogens with zero attached hydrogens (tertiary/aromatic N) is 1. The number of nitrogens with one attached hydrogen (secondary N) is 1. The van der Waals surface area contributed by atoms with Crippen LogP contribution in [-0.2, 0) is 0 Å². The number of anilines is 1. The summed E-state index contributed by atoms with van der Waals surface area (Å²) in [5, 5.41) is 3.11. The van der Waals surface area contributed by atoms with E-state index in [4.69, 9.17) is 9.47 Å². The zero-order valence-electron chi connectivity index (χ0n) is 10.8. The Bertz CT molecular complexity index is 584. The maximum Gasteiger partial charge on any atom is 0.161 e. The van der Waals surface area contributed by atoms with Crippen LogP contribution in [0.5, 0.6) is 11.5 Å². The molecule has 0 saturated heterocycles. The Morgan fingerprint density at radius 1 is 1.05 bits per heavy atom. The molecule has 0 aliphatic carbocycles. The third kappa shape index (κ3) is 2.47. The third-order valence-electron chi connectivity index (χ3n) is 3.09. The Hall–Kier alpha value is -2.23. The predicted octanol–water partition coefficient (Wildman–Crippen LogP) is 2.95. The maximum atomic E-state index is 5.70. The Labute approximate surface area is 112 Å². The van der Waals surface area contributed by atoms with Gasteiger partial charge < -0.3 is 14.8 Å². The summed E-state index contributed by atoms with van der Waals surface area (Å²) in [7, 11) is 1.90. The first kappa shape index (κ1) is 11.8. The second kappa shape index (κ2) is 5.18. The second-order valence-corrected chi connectivity index (χ2v) is 4.39. The summed E-state index contributed by atoms with van der Waals surface area (Å²) in [5.41, 5.74) is 2.99. The average Bonchev–Trinajstić information content (AvgIpc) is 2.71. The van der Waals surface area contributed by atoms with Crippen molar-refractivity contribution >= 4 is 5.69 Å². The Morgan fingerprint density at radius 2 is 1.89 bits per heavy atom. The van der Waals surface area contributed by atoms with Gasteiger partial charge in [-0.15, -0.1) is 0 Å². The van der Waals surface area contributed by atoms with Crippen LogP contribution in [0.2, 0.25) is 0 Å². The summed E-state index contributed by atoms with van der Waals surface area (Å²) >= 11 is 0. The number of fused-ring (bicyclic) bond motifs is 1. The molecule has 1 aromatic heterocycles. The van der Waals surface area contributed by atoms with Gasteiger partial charge in [-0.1, -0.05) is 0 Å². The smallest absolute Gasteiger partial charge is 0.161 e. The standard InChI is InChI=1S/C15H16N2O2/c1-16-12-5-6-17-13(10-12)11-3-4-14-15(9-11)19-8-2-7-18-14/h3-6,9-10H,2,7-8H2,1H3,(H,16,17). The minimum Gasteiger partial charge on any atom is -0.490 e. The average molecular weight is 256 g/mol. The Balaban J connectivity index is 1.98. The number of aromatic nitrogens is 1. The molecule has 19 heavy (non-hydrogen) atoms. The Morgan fingerprint density at radius 3 is 2.74 bits per heavy atom. The van der Waals surface area contributed by atoms with E-state index >= 15 is 0 Å². The maximum absolute atomic E-state index is 5.70. The highest BCUT2D eigenvalue weighted by atomic mass is 16.5. The van der Waals surface area contributed by atoms with E-state index in [0.29, 0.717) is 13.2 Å². The van der Waals surface area contributed by atoms with Crippen LogP contribution < -0.4 is 14.8 Å². The minimum atomic E-state index is 0.695. The molecule has 2 heterocycles. The summed E-state index contributed by atoms with van der Waals surface area (Å²) in [6, 6.07) is 9.90. The highest BCUT2D eigenvalue weighted by molar-refractivity contribution is 5.67. The van der Waals surface area contributed by atoms with Gasteiger partial charge in [-0.25, -0.2) is 0 Å². The van der Waals surface area contributed by atoms with E-state index in [-0.39, 0.29) is 0 Å². The van der Waals surface area contributed by atoms with Gasteiger partial charge >= 0.3 is 0 Å². The van der Waals surface area contributed by atoms with Crippen molar-refractivity contribution in [2.75, 3.05) is 25.6 Å². The fraction of sp³-hybridized carbons (Fsp3) is 0.267. The van der Waals surface area contributed by atoms with E-state index in [9.17, 15) is 0 Å². The minimum absolute atomic E-state index is 0.695. The van der Waals surface area contributed by atoms with Crippen molar-refractivity contribution in [2.45, 2.75) is 6.42 Å². The predicted molar refractivity (Wildman–Crippen MR) is 74.8 cm³/mol. The largest absolute Gasteiger partial charge is 0.490 e. The van der Waals surface area contributed by atoms with Crippen molar-refractivity contribution in [3.8, 4) is 22.8 Å². The lowest BCUT2D eigenvalue weighted by atomic mass is 10.1. The zero-order valence-corrected chi connectivity index (χ0v) is 10.8. The molecule has 98 valence electrons.